The first kappa shape index (κ1) is 15.5. The van der Waals surface area contributed by atoms with Gasteiger partial charge in [0.1, 0.15) is 0 Å². The Kier molecular flexibility index (Phi) is 4.77. The number of hydrogen-bond acceptors (Lipinski definition) is 1. The van der Waals surface area contributed by atoms with Gasteiger partial charge in [0.2, 0.25) is 0 Å². The molecule has 0 aliphatic rings. The van der Waals surface area contributed by atoms with Gasteiger partial charge >= 0.3 is 0 Å². The van der Waals surface area contributed by atoms with Crippen molar-refractivity contribution in [3.05, 3.63) is 99.5 Å². The minimum absolute atomic E-state index is 0.142. The van der Waals surface area contributed by atoms with Gasteiger partial charge in [-0.25, -0.2) is 0 Å². The molecule has 0 unspecified atom stereocenters. The lowest BCUT2D eigenvalue weighted by atomic mass is 9.85. The molecular weight excluding hydrogens is 331 g/mol. The number of hydrogen-bond donors (Lipinski definition) is 1. The third-order valence-corrected chi connectivity index (χ3v) is 4.44. The molecule has 0 nitrogen and oxygen atoms in total. The van der Waals surface area contributed by atoms with E-state index in [0.717, 1.165) is 14.9 Å². The van der Waals surface area contributed by atoms with Crippen LogP contribution in [0.15, 0.2) is 77.7 Å². The highest BCUT2D eigenvalue weighted by Gasteiger charge is 2.16. The molecule has 0 saturated heterocycles. The number of rotatable bonds is 3. The van der Waals surface area contributed by atoms with Crippen LogP contribution in [0.5, 0.6) is 0 Å². The van der Waals surface area contributed by atoms with E-state index < -0.39 is 0 Å². The van der Waals surface area contributed by atoms with Gasteiger partial charge in [0, 0.05) is 20.9 Å². The van der Waals surface area contributed by atoms with Crippen molar-refractivity contribution in [2.75, 3.05) is 0 Å². The van der Waals surface area contributed by atoms with Crippen LogP contribution < -0.4 is 0 Å². The summed E-state index contributed by atoms with van der Waals surface area (Å²) in [5.41, 5.74) is 3.60. The van der Waals surface area contributed by atoms with Crippen LogP contribution in [0.3, 0.4) is 0 Å². The van der Waals surface area contributed by atoms with E-state index in [1.54, 1.807) is 0 Å². The molecule has 0 heterocycles. The van der Waals surface area contributed by atoms with Crippen LogP contribution in [0, 0.1) is 0 Å². The summed E-state index contributed by atoms with van der Waals surface area (Å²) in [6.45, 7) is 0. The van der Waals surface area contributed by atoms with Crippen molar-refractivity contribution in [2.45, 2.75) is 10.8 Å². The largest absolute Gasteiger partial charge is 0.143 e. The maximum absolute atomic E-state index is 6.02. The average Bonchev–Trinajstić information content (AvgIpc) is 2.53. The van der Waals surface area contributed by atoms with Crippen molar-refractivity contribution in [1.82, 2.24) is 0 Å². The van der Waals surface area contributed by atoms with Crippen LogP contribution in [-0.4, -0.2) is 0 Å². The van der Waals surface area contributed by atoms with Crippen LogP contribution in [0.25, 0.3) is 0 Å². The fourth-order valence-electron chi connectivity index (χ4n) is 2.55. The summed E-state index contributed by atoms with van der Waals surface area (Å²) in [7, 11) is 0. The summed E-state index contributed by atoms with van der Waals surface area (Å²) in [4.78, 5) is 0.953. The van der Waals surface area contributed by atoms with E-state index in [2.05, 4.69) is 49.0 Å². The van der Waals surface area contributed by atoms with Crippen LogP contribution in [0.4, 0.5) is 0 Å². The molecule has 0 spiro atoms. The van der Waals surface area contributed by atoms with Crippen molar-refractivity contribution < 1.29 is 0 Å². The highest BCUT2D eigenvalue weighted by molar-refractivity contribution is 7.80. The monoisotopic (exact) mass is 344 g/mol. The van der Waals surface area contributed by atoms with E-state index in [1.165, 1.54) is 16.7 Å². The molecule has 0 bridgehead atoms. The Labute approximate surface area is 146 Å². The van der Waals surface area contributed by atoms with Crippen LogP contribution in [0.1, 0.15) is 22.6 Å². The Balaban J connectivity index is 2.10. The van der Waals surface area contributed by atoms with E-state index in [1.807, 2.05) is 36.4 Å². The van der Waals surface area contributed by atoms with Gasteiger partial charge in [-0.2, -0.15) is 0 Å². The molecule has 3 rings (SSSR count). The van der Waals surface area contributed by atoms with Crippen LogP contribution in [0.2, 0.25) is 10.0 Å². The second kappa shape index (κ2) is 6.78. The topological polar surface area (TPSA) is 0 Å². The lowest BCUT2D eigenvalue weighted by molar-refractivity contribution is 0.974. The first-order valence-corrected chi connectivity index (χ1v) is 8.13. The summed E-state index contributed by atoms with van der Waals surface area (Å²) in [6, 6.07) is 24.2. The molecule has 0 aliphatic carbocycles. The van der Waals surface area contributed by atoms with Crippen molar-refractivity contribution in [3.63, 3.8) is 0 Å². The quantitative estimate of drug-likeness (QED) is 0.409. The molecular formula is C19H14Cl2S. The van der Waals surface area contributed by atoms with Crippen molar-refractivity contribution in [3.8, 4) is 0 Å². The van der Waals surface area contributed by atoms with Crippen LogP contribution in [-0.2, 0) is 0 Å². The molecule has 0 radical (unpaired) electrons. The zero-order valence-electron chi connectivity index (χ0n) is 11.7. The SMILES string of the molecule is Sc1ccc(C(c2ccc(Cl)cc2)c2ccc(Cl)cc2)cc1. The smallest absolute Gasteiger partial charge is 0.0406 e. The second-order valence-corrected chi connectivity index (χ2v) is 6.52. The molecule has 0 N–H and O–H groups in total. The molecule has 0 amide bonds. The number of thiol groups is 1. The Bertz CT molecular complexity index is 639. The first-order chi connectivity index (χ1) is 10.6. The fraction of sp³-hybridized carbons (Fsp3) is 0.0526. The van der Waals surface area contributed by atoms with E-state index >= 15 is 0 Å². The minimum Gasteiger partial charge on any atom is -0.143 e. The minimum atomic E-state index is 0.142. The molecule has 3 heteroatoms. The van der Waals surface area contributed by atoms with Gasteiger partial charge in [-0.3, -0.25) is 0 Å². The second-order valence-electron chi connectivity index (χ2n) is 5.13. The number of benzene rings is 3. The third kappa shape index (κ3) is 3.49. The van der Waals surface area contributed by atoms with Gasteiger partial charge in [0.15, 0.2) is 0 Å². The van der Waals surface area contributed by atoms with Gasteiger partial charge in [-0.05, 0) is 53.1 Å². The molecule has 0 fully saturated rings. The molecule has 0 atom stereocenters. The Morgan fingerprint density at radius 2 is 0.864 bits per heavy atom. The van der Waals surface area contributed by atoms with E-state index in [9.17, 15) is 0 Å². The fourth-order valence-corrected chi connectivity index (χ4v) is 2.96. The molecule has 110 valence electrons. The Morgan fingerprint density at radius 1 is 0.545 bits per heavy atom. The van der Waals surface area contributed by atoms with Gasteiger partial charge < -0.3 is 0 Å². The van der Waals surface area contributed by atoms with Gasteiger partial charge in [0.05, 0.1) is 0 Å². The zero-order valence-corrected chi connectivity index (χ0v) is 14.1. The normalized spacial score (nSPS) is 10.9. The average molecular weight is 345 g/mol. The highest BCUT2D eigenvalue weighted by Crippen LogP contribution is 2.33. The van der Waals surface area contributed by atoms with Crippen LogP contribution >= 0.6 is 35.8 Å². The summed E-state index contributed by atoms with van der Waals surface area (Å²) in [5.74, 6) is 0.142. The lowest BCUT2D eigenvalue weighted by Gasteiger charge is -2.19. The number of halogens is 2. The maximum Gasteiger partial charge on any atom is 0.0406 e. The summed E-state index contributed by atoms with van der Waals surface area (Å²) in [5, 5.41) is 1.48. The molecule has 3 aromatic rings. The summed E-state index contributed by atoms with van der Waals surface area (Å²) >= 11 is 16.4. The standard InChI is InChI=1S/C19H14Cl2S/c20-16-7-1-13(2-8-16)19(14-3-9-17(21)10-4-14)15-5-11-18(22)12-6-15/h1-12,19,22H. The summed E-state index contributed by atoms with van der Waals surface area (Å²) < 4.78 is 0. The molecule has 3 aromatic carbocycles. The van der Waals surface area contributed by atoms with E-state index in [0.29, 0.717) is 0 Å². The Morgan fingerprint density at radius 3 is 1.23 bits per heavy atom. The lowest BCUT2D eigenvalue weighted by Crippen LogP contribution is -2.03. The molecule has 0 aliphatic heterocycles. The molecule has 22 heavy (non-hydrogen) atoms. The predicted molar refractivity (Wildman–Crippen MR) is 97.5 cm³/mol. The van der Waals surface area contributed by atoms with Crippen molar-refractivity contribution in [1.29, 1.82) is 0 Å². The van der Waals surface area contributed by atoms with Crippen molar-refractivity contribution in [2.24, 2.45) is 0 Å². The van der Waals surface area contributed by atoms with E-state index in [4.69, 9.17) is 23.2 Å². The van der Waals surface area contributed by atoms with Gasteiger partial charge in [-0.15, -0.1) is 12.6 Å². The maximum atomic E-state index is 6.02. The van der Waals surface area contributed by atoms with Crippen molar-refractivity contribution >= 4 is 35.8 Å². The third-order valence-electron chi connectivity index (χ3n) is 3.63. The molecule has 0 saturated carbocycles. The first-order valence-electron chi connectivity index (χ1n) is 6.93. The predicted octanol–water partition coefficient (Wildman–Crippen LogP) is 6.46. The van der Waals surface area contributed by atoms with Gasteiger partial charge in [-0.1, -0.05) is 59.6 Å². The summed E-state index contributed by atoms with van der Waals surface area (Å²) in [6.07, 6.45) is 0. The highest BCUT2D eigenvalue weighted by atomic mass is 35.5. The zero-order chi connectivity index (χ0) is 15.5. The Hall–Kier alpha value is -1.41. The molecule has 0 aromatic heterocycles. The van der Waals surface area contributed by atoms with E-state index in [-0.39, 0.29) is 5.92 Å². The van der Waals surface area contributed by atoms with Gasteiger partial charge in [0.25, 0.3) is 0 Å².